The van der Waals surface area contributed by atoms with Gasteiger partial charge in [0.05, 0.1) is 5.56 Å². The van der Waals surface area contributed by atoms with Crippen molar-refractivity contribution in [2.45, 2.75) is 13.8 Å². The van der Waals surface area contributed by atoms with E-state index in [1.54, 1.807) is 24.3 Å². The molecule has 0 saturated carbocycles. The Bertz CT molecular complexity index is 574. The molecule has 0 aromatic heterocycles. The van der Waals surface area contributed by atoms with Crippen molar-refractivity contribution >= 4 is 17.3 Å². The number of anilines is 2. The van der Waals surface area contributed by atoms with Crippen molar-refractivity contribution in [3.05, 3.63) is 59.2 Å². The minimum absolute atomic E-state index is 0.292. The van der Waals surface area contributed by atoms with Crippen molar-refractivity contribution in [3.63, 3.8) is 0 Å². The van der Waals surface area contributed by atoms with Gasteiger partial charge in [-0.05, 0) is 61.4 Å². The quantitative estimate of drug-likeness (QED) is 0.860. The average Bonchev–Trinajstić information content (AvgIpc) is 2.34. The molecule has 0 atom stereocenters. The topological polar surface area (TPSA) is 49.3 Å². The number of carbonyl (C=O) groups is 1. The van der Waals surface area contributed by atoms with Gasteiger partial charge >= 0.3 is 5.97 Å². The lowest BCUT2D eigenvalue weighted by Crippen LogP contribution is -1.96. The van der Waals surface area contributed by atoms with Gasteiger partial charge in [0.2, 0.25) is 0 Å². The van der Waals surface area contributed by atoms with Gasteiger partial charge < -0.3 is 10.4 Å². The molecule has 0 fully saturated rings. The van der Waals surface area contributed by atoms with Crippen LogP contribution in [0.15, 0.2) is 42.5 Å². The molecule has 0 heterocycles. The highest BCUT2D eigenvalue weighted by Gasteiger charge is 2.02. The molecular formula is C15H15NO2. The number of rotatable bonds is 3. The van der Waals surface area contributed by atoms with E-state index in [1.807, 2.05) is 6.07 Å². The van der Waals surface area contributed by atoms with E-state index in [-0.39, 0.29) is 0 Å². The minimum Gasteiger partial charge on any atom is -0.478 e. The molecule has 0 aliphatic rings. The molecule has 2 N–H and O–H groups in total. The van der Waals surface area contributed by atoms with Gasteiger partial charge in [0, 0.05) is 11.4 Å². The van der Waals surface area contributed by atoms with Crippen LogP contribution in [0.2, 0.25) is 0 Å². The number of benzene rings is 2. The summed E-state index contributed by atoms with van der Waals surface area (Å²) in [7, 11) is 0. The van der Waals surface area contributed by atoms with Crippen LogP contribution in [-0.2, 0) is 0 Å². The molecule has 0 radical (unpaired) electrons. The van der Waals surface area contributed by atoms with Crippen LogP contribution in [0.4, 0.5) is 11.4 Å². The van der Waals surface area contributed by atoms with Gasteiger partial charge in [-0.1, -0.05) is 6.07 Å². The van der Waals surface area contributed by atoms with E-state index in [2.05, 4.69) is 31.3 Å². The van der Waals surface area contributed by atoms with Gasteiger partial charge in [0.1, 0.15) is 0 Å². The van der Waals surface area contributed by atoms with Crippen molar-refractivity contribution < 1.29 is 9.90 Å². The highest BCUT2D eigenvalue weighted by molar-refractivity contribution is 5.88. The maximum absolute atomic E-state index is 10.7. The van der Waals surface area contributed by atoms with E-state index >= 15 is 0 Å². The predicted octanol–water partition coefficient (Wildman–Crippen LogP) is 3.75. The molecule has 2 rings (SSSR count). The fourth-order valence-electron chi connectivity index (χ4n) is 1.68. The van der Waals surface area contributed by atoms with Crippen LogP contribution in [0.3, 0.4) is 0 Å². The van der Waals surface area contributed by atoms with E-state index < -0.39 is 5.97 Å². The average molecular weight is 241 g/mol. The fraction of sp³-hybridized carbons (Fsp3) is 0.133. The summed E-state index contributed by atoms with van der Waals surface area (Å²) < 4.78 is 0. The third-order valence-corrected chi connectivity index (χ3v) is 2.93. The van der Waals surface area contributed by atoms with E-state index in [9.17, 15) is 4.79 Å². The molecule has 18 heavy (non-hydrogen) atoms. The van der Waals surface area contributed by atoms with Crippen LogP contribution in [0.5, 0.6) is 0 Å². The molecule has 0 aliphatic heterocycles. The van der Waals surface area contributed by atoms with Crippen molar-refractivity contribution in [2.24, 2.45) is 0 Å². The normalized spacial score (nSPS) is 10.1. The summed E-state index contributed by atoms with van der Waals surface area (Å²) in [6.07, 6.45) is 0. The smallest absolute Gasteiger partial charge is 0.335 e. The molecule has 0 unspecified atom stereocenters. The van der Waals surface area contributed by atoms with Crippen LogP contribution >= 0.6 is 0 Å². The van der Waals surface area contributed by atoms with E-state index in [4.69, 9.17) is 5.11 Å². The summed E-state index contributed by atoms with van der Waals surface area (Å²) in [4.78, 5) is 10.7. The Balaban J connectivity index is 2.18. The van der Waals surface area contributed by atoms with Crippen molar-refractivity contribution in [1.82, 2.24) is 0 Å². The zero-order valence-electron chi connectivity index (χ0n) is 10.4. The molecule has 92 valence electrons. The first kappa shape index (κ1) is 12.2. The summed E-state index contributed by atoms with van der Waals surface area (Å²) >= 11 is 0. The van der Waals surface area contributed by atoms with Crippen molar-refractivity contribution in [2.75, 3.05) is 5.32 Å². The molecule has 0 aliphatic carbocycles. The molecule has 3 nitrogen and oxygen atoms in total. The largest absolute Gasteiger partial charge is 0.478 e. The fourth-order valence-corrected chi connectivity index (χ4v) is 1.68. The van der Waals surface area contributed by atoms with Gasteiger partial charge in [-0.3, -0.25) is 0 Å². The number of aryl methyl sites for hydroxylation is 2. The number of carboxylic acids is 1. The standard InChI is InChI=1S/C15H15NO2/c1-10-3-6-14(9-11(10)2)16-13-7-4-12(5-8-13)15(17)18/h3-9,16H,1-2H3,(H,17,18). The Morgan fingerprint density at radius 2 is 1.56 bits per heavy atom. The second-order valence-corrected chi connectivity index (χ2v) is 4.31. The first-order valence-electron chi connectivity index (χ1n) is 5.74. The van der Waals surface area contributed by atoms with Gasteiger partial charge in [0.25, 0.3) is 0 Å². The number of carboxylic acid groups (broad SMARTS) is 1. The molecule has 2 aromatic rings. The van der Waals surface area contributed by atoms with E-state index in [0.717, 1.165) is 11.4 Å². The van der Waals surface area contributed by atoms with Crippen LogP contribution in [0.1, 0.15) is 21.5 Å². The zero-order chi connectivity index (χ0) is 13.1. The maximum atomic E-state index is 10.7. The molecule has 3 heteroatoms. The molecule has 0 bridgehead atoms. The highest BCUT2D eigenvalue weighted by atomic mass is 16.4. The first-order chi connectivity index (χ1) is 8.56. The number of nitrogens with one attached hydrogen (secondary N) is 1. The van der Waals surface area contributed by atoms with Crippen LogP contribution in [0, 0.1) is 13.8 Å². The van der Waals surface area contributed by atoms with Crippen LogP contribution in [0.25, 0.3) is 0 Å². The van der Waals surface area contributed by atoms with Crippen molar-refractivity contribution in [1.29, 1.82) is 0 Å². The van der Waals surface area contributed by atoms with Crippen LogP contribution < -0.4 is 5.32 Å². The van der Waals surface area contributed by atoms with Gasteiger partial charge in [-0.2, -0.15) is 0 Å². The summed E-state index contributed by atoms with van der Waals surface area (Å²) in [5.41, 5.74) is 4.65. The molecule has 0 saturated heterocycles. The van der Waals surface area contributed by atoms with Gasteiger partial charge in [-0.15, -0.1) is 0 Å². The summed E-state index contributed by atoms with van der Waals surface area (Å²) in [6.45, 7) is 4.13. The lowest BCUT2D eigenvalue weighted by Gasteiger charge is -2.09. The third kappa shape index (κ3) is 2.69. The van der Waals surface area contributed by atoms with Crippen LogP contribution in [-0.4, -0.2) is 11.1 Å². The Labute approximate surface area is 106 Å². The monoisotopic (exact) mass is 241 g/mol. The third-order valence-electron chi connectivity index (χ3n) is 2.93. The Hall–Kier alpha value is -2.29. The molecule has 0 amide bonds. The zero-order valence-corrected chi connectivity index (χ0v) is 10.4. The lowest BCUT2D eigenvalue weighted by molar-refractivity contribution is 0.0697. The first-order valence-corrected chi connectivity index (χ1v) is 5.74. The van der Waals surface area contributed by atoms with Crippen molar-refractivity contribution in [3.8, 4) is 0 Å². The number of hydrogen-bond donors (Lipinski definition) is 2. The molecule has 0 spiro atoms. The van der Waals surface area contributed by atoms with Gasteiger partial charge in [0.15, 0.2) is 0 Å². The Morgan fingerprint density at radius 3 is 2.11 bits per heavy atom. The summed E-state index contributed by atoms with van der Waals surface area (Å²) in [5, 5.41) is 12.1. The Kier molecular flexibility index (Phi) is 3.33. The predicted molar refractivity (Wildman–Crippen MR) is 72.6 cm³/mol. The number of hydrogen-bond acceptors (Lipinski definition) is 2. The second kappa shape index (κ2) is 4.92. The molecular weight excluding hydrogens is 226 g/mol. The Morgan fingerprint density at radius 1 is 0.944 bits per heavy atom. The highest BCUT2D eigenvalue weighted by Crippen LogP contribution is 2.19. The van der Waals surface area contributed by atoms with E-state index in [1.165, 1.54) is 11.1 Å². The summed E-state index contributed by atoms with van der Waals surface area (Å²) in [5.74, 6) is -0.910. The minimum atomic E-state index is -0.910. The summed E-state index contributed by atoms with van der Waals surface area (Å²) in [6, 6.07) is 12.8. The lowest BCUT2D eigenvalue weighted by atomic mass is 10.1. The molecule has 2 aromatic carbocycles. The second-order valence-electron chi connectivity index (χ2n) is 4.31. The van der Waals surface area contributed by atoms with E-state index in [0.29, 0.717) is 5.56 Å². The SMILES string of the molecule is Cc1ccc(Nc2ccc(C(=O)O)cc2)cc1C. The maximum Gasteiger partial charge on any atom is 0.335 e. The van der Waals surface area contributed by atoms with Gasteiger partial charge in [-0.25, -0.2) is 4.79 Å². The number of aromatic carboxylic acids is 1.